The summed E-state index contributed by atoms with van der Waals surface area (Å²) in [5, 5.41) is 6.18. The molecule has 0 spiro atoms. The molecule has 0 unspecified atom stereocenters. The average molecular weight is 800 g/mol. The Hall–Kier alpha value is -5.21. The van der Waals surface area contributed by atoms with Crippen molar-refractivity contribution < 1.29 is 4.57 Å². The van der Waals surface area contributed by atoms with Crippen molar-refractivity contribution in [3.8, 4) is 0 Å². The number of nitrogens with zero attached hydrogens (tertiary/aromatic N) is 1. The summed E-state index contributed by atoms with van der Waals surface area (Å²) >= 11 is 0. The van der Waals surface area contributed by atoms with E-state index in [1.165, 1.54) is 26.9 Å². The van der Waals surface area contributed by atoms with Crippen molar-refractivity contribution in [2.45, 2.75) is 78.0 Å². The highest BCUT2D eigenvalue weighted by Gasteiger charge is 2.49. The highest BCUT2D eigenvalue weighted by Crippen LogP contribution is 2.55. The molecule has 7 aromatic carbocycles. The number of hydrogen-bond acceptors (Lipinski definition) is 2. The lowest BCUT2D eigenvalue weighted by Crippen LogP contribution is -2.72. The minimum Gasteiger partial charge on any atom is -0.336 e. The van der Waals surface area contributed by atoms with Gasteiger partial charge in [0.05, 0.1) is 0 Å². The highest BCUT2D eigenvalue weighted by atomic mass is 31.2. The van der Waals surface area contributed by atoms with Gasteiger partial charge >= 0.3 is 0 Å². The lowest BCUT2D eigenvalue weighted by Gasteiger charge is -2.44. The largest absolute Gasteiger partial charge is 0.336 e. The van der Waals surface area contributed by atoms with Crippen LogP contribution in [0.4, 0.5) is 11.4 Å². The molecule has 0 amide bonds. The van der Waals surface area contributed by atoms with Crippen LogP contribution in [0.25, 0.3) is 0 Å². The van der Waals surface area contributed by atoms with Gasteiger partial charge in [-0.1, -0.05) is 230 Å². The van der Waals surface area contributed by atoms with E-state index in [-0.39, 0.29) is 15.7 Å². The monoisotopic (exact) mass is 799 g/mol. The van der Waals surface area contributed by atoms with Gasteiger partial charge in [0.15, 0.2) is 8.07 Å². The molecule has 0 fully saturated rings. The lowest BCUT2D eigenvalue weighted by molar-refractivity contribution is 0.560. The number of rotatable bonds is 7. The Labute approximate surface area is 351 Å². The number of benzene rings is 7. The molecule has 0 radical (unpaired) electrons. The van der Waals surface area contributed by atoms with Gasteiger partial charge in [-0.05, 0) is 65.6 Å². The van der Waals surface area contributed by atoms with E-state index in [0.29, 0.717) is 0 Å². The van der Waals surface area contributed by atoms with E-state index in [2.05, 4.69) is 198 Å². The number of anilines is 2. The molecule has 4 heteroatoms. The van der Waals surface area contributed by atoms with E-state index >= 15 is 0 Å². The molecule has 0 N–H and O–H groups in total. The molecule has 0 saturated carbocycles. The molecule has 58 heavy (non-hydrogen) atoms. The van der Waals surface area contributed by atoms with Gasteiger partial charge in [0.2, 0.25) is 0 Å². The standard InChI is InChI=1S/C22H24Si.C16H19N.C16H19OP/c1-22(2,3)23(19-13-7-4-8-14-19,20-15-9-5-10-16-20)21-17-11-6-12-18-21;1-16(2,3)17(14-10-6-4-7-11-14)15-12-8-5-9-13-15;1-16(2,3)18(17,14-10-6-4-7-11-14)15-12-8-5-9-13-15/h4-18H,1-3H3;4-13H,1-3H3;4-13H,1-3H3. The fraction of sp³-hybridized carbons (Fsp3) is 0.222. The van der Waals surface area contributed by atoms with Gasteiger partial charge < -0.3 is 9.46 Å². The smallest absolute Gasteiger partial charge is 0.153 e. The van der Waals surface area contributed by atoms with Gasteiger partial charge in [-0.3, -0.25) is 0 Å². The fourth-order valence-corrected chi connectivity index (χ4v) is 16.8. The third-order valence-corrected chi connectivity index (χ3v) is 20.4. The second-order valence-corrected chi connectivity index (χ2v) is 26.1. The summed E-state index contributed by atoms with van der Waals surface area (Å²) in [4.78, 5) is 2.35. The van der Waals surface area contributed by atoms with Crippen LogP contribution in [0.2, 0.25) is 5.04 Å². The Balaban J connectivity index is 0.000000168. The molecule has 7 rings (SSSR count). The van der Waals surface area contributed by atoms with Crippen molar-refractivity contribution in [3.63, 3.8) is 0 Å². The molecule has 0 atom stereocenters. The maximum absolute atomic E-state index is 13.6. The topological polar surface area (TPSA) is 20.3 Å². The van der Waals surface area contributed by atoms with E-state index in [0.717, 1.165) is 10.6 Å². The summed E-state index contributed by atoms with van der Waals surface area (Å²) in [6.07, 6.45) is 0. The van der Waals surface area contributed by atoms with Gasteiger partial charge in [0.25, 0.3) is 0 Å². The van der Waals surface area contributed by atoms with Crippen LogP contribution in [-0.2, 0) is 4.57 Å². The van der Waals surface area contributed by atoms with Crippen molar-refractivity contribution in [2.24, 2.45) is 0 Å². The van der Waals surface area contributed by atoms with Crippen LogP contribution in [-0.4, -0.2) is 18.8 Å². The Morgan fingerprint density at radius 1 is 0.362 bits per heavy atom. The zero-order valence-electron chi connectivity index (χ0n) is 36.0. The molecule has 0 aliphatic carbocycles. The normalized spacial score (nSPS) is 11.9. The first-order valence-corrected chi connectivity index (χ1v) is 24.1. The maximum Gasteiger partial charge on any atom is 0.153 e. The van der Waals surface area contributed by atoms with Crippen LogP contribution >= 0.6 is 7.14 Å². The average Bonchev–Trinajstić information content (AvgIpc) is 3.23. The summed E-state index contributed by atoms with van der Waals surface area (Å²) in [5.74, 6) is 0. The van der Waals surface area contributed by atoms with E-state index in [1.54, 1.807) is 0 Å². The van der Waals surface area contributed by atoms with E-state index < -0.39 is 15.2 Å². The van der Waals surface area contributed by atoms with E-state index in [9.17, 15) is 4.57 Å². The predicted molar refractivity (Wildman–Crippen MR) is 258 cm³/mol. The van der Waals surface area contributed by atoms with Gasteiger partial charge in [-0.25, -0.2) is 0 Å². The van der Waals surface area contributed by atoms with Crippen molar-refractivity contribution in [3.05, 3.63) is 212 Å². The van der Waals surface area contributed by atoms with Crippen LogP contribution in [0.3, 0.4) is 0 Å². The molecule has 298 valence electrons. The predicted octanol–water partition coefficient (Wildman–Crippen LogP) is 12.4. The van der Waals surface area contributed by atoms with Crippen molar-refractivity contribution in [1.29, 1.82) is 0 Å². The van der Waals surface area contributed by atoms with Crippen LogP contribution in [0, 0.1) is 0 Å². The van der Waals surface area contributed by atoms with Crippen LogP contribution in [0.5, 0.6) is 0 Å². The molecule has 0 aromatic heterocycles. The Bertz CT molecular complexity index is 2100. The number of hydrogen-bond donors (Lipinski definition) is 0. The minimum atomic E-state index is -2.61. The maximum atomic E-state index is 13.6. The van der Waals surface area contributed by atoms with Gasteiger partial charge in [-0.15, -0.1) is 0 Å². The molecule has 0 aliphatic rings. The Morgan fingerprint density at radius 3 is 0.828 bits per heavy atom. The molecule has 0 heterocycles. The van der Waals surface area contributed by atoms with Crippen LogP contribution < -0.4 is 31.1 Å². The zero-order valence-corrected chi connectivity index (χ0v) is 37.9. The minimum absolute atomic E-state index is 0.0582. The first-order valence-electron chi connectivity index (χ1n) is 20.4. The fourth-order valence-electron chi connectivity index (χ4n) is 8.14. The van der Waals surface area contributed by atoms with Crippen LogP contribution in [0.15, 0.2) is 212 Å². The van der Waals surface area contributed by atoms with Gasteiger partial charge in [-0.2, -0.15) is 0 Å². The van der Waals surface area contributed by atoms with Crippen LogP contribution in [0.1, 0.15) is 62.3 Å². The molecule has 0 aliphatic heterocycles. The number of para-hydroxylation sites is 2. The van der Waals surface area contributed by atoms with Crippen molar-refractivity contribution >= 4 is 52.8 Å². The lowest BCUT2D eigenvalue weighted by atomic mass is 10.0. The SMILES string of the molecule is CC(C)(C)N(c1ccccc1)c1ccccc1.CC(C)(C)P(=O)(c1ccccc1)c1ccccc1.CC(C)(C)[Si](c1ccccc1)(c1ccccc1)c1ccccc1. The zero-order chi connectivity index (χ0) is 41.9. The first kappa shape index (κ1) is 43.9. The Morgan fingerprint density at radius 2 is 0.603 bits per heavy atom. The molecular formula is C54H62NOPSi. The molecule has 0 bridgehead atoms. The third-order valence-electron chi connectivity index (χ3n) is 10.6. The Kier molecular flexibility index (Phi) is 14.4. The molecule has 0 saturated heterocycles. The van der Waals surface area contributed by atoms with Gasteiger partial charge in [0, 0.05) is 32.7 Å². The van der Waals surface area contributed by atoms with Gasteiger partial charge in [0.1, 0.15) is 7.14 Å². The third kappa shape index (κ3) is 9.90. The summed E-state index contributed by atoms with van der Waals surface area (Å²) in [5.41, 5.74) is 2.51. The molecular weight excluding hydrogens is 738 g/mol. The summed E-state index contributed by atoms with van der Waals surface area (Å²) in [6.45, 7) is 20.0. The summed E-state index contributed by atoms with van der Waals surface area (Å²) < 4.78 is 13.6. The quantitative estimate of drug-likeness (QED) is 0.0909. The van der Waals surface area contributed by atoms with E-state index in [1.807, 2.05) is 81.4 Å². The first-order chi connectivity index (χ1) is 27.6. The second-order valence-electron chi connectivity index (χ2n) is 17.7. The molecule has 2 nitrogen and oxygen atoms in total. The van der Waals surface area contributed by atoms with E-state index in [4.69, 9.17) is 0 Å². The van der Waals surface area contributed by atoms with Crippen molar-refractivity contribution in [2.75, 3.05) is 4.90 Å². The summed E-state index contributed by atoms with van der Waals surface area (Å²) in [7, 11) is -4.73. The van der Waals surface area contributed by atoms with Crippen molar-refractivity contribution in [1.82, 2.24) is 0 Å². The molecule has 7 aromatic rings. The highest BCUT2D eigenvalue weighted by molar-refractivity contribution is 7.80. The second kappa shape index (κ2) is 19.0. The summed E-state index contributed by atoms with van der Waals surface area (Å²) in [6, 6.07) is 73.9.